The van der Waals surface area contributed by atoms with Gasteiger partial charge in [-0.2, -0.15) is 22.5 Å². The fourth-order valence-corrected chi connectivity index (χ4v) is 4.89. The van der Waals surface area contributed by atoms with Crippen LogP contribution >= 0.6 is 11.3 Å². The Labute approximate surface area is 151 Å². The summed E-state index contributed by atoms with van der Waals surface area (Å²) in [6.45, 7) is 2.22. The van der Waals surface area contributed by atoms with Gasteiger partial charge in [-0.25, -0.2) is 0 Å². The first kappa shape index (κ1) is 18.1. The summed E-state index contributed by atoms with van der Waals surface area (Å²) in [5, 5.41) is 9.03. The molecule has 3 heterocycles. The summed E-state index contributed by atoms with van der Waals surface area (Å²) in [5.41, 5.74) is 1.53. The highest BCUT2D eigenvalue weighted by atomic mass is 32.2. The zero-order valence-electron chi connectivity index (χ0n) is 14.3. The zero-order chi connectivity index (χ0) is 18.2. The summed E-state index contributed by atoms with van der Waals surface area (Å²) in [4.78, 5) is 13.6. The Balaban J connectivity index is 1.79. The molecule has 0 saturated carbocycles. The number of carbonyl (C=O) groups excluding carboxylic acids is 1. The van der Waals surface area contributed by atoms with Gasteiger partial charge in [-0.3, -0.25) is 9.48 Å². The molecule has 2 N–H and O–H groups in total. The van der Waals surface area contributed by atoms with Crippen molar-refractivity contribution >= 4 is 27.5 Å². The fraction of sp³-hybridized carbons (Fsp3) is 0.467. The van der Waals surface area contributed by atoms with Crippen molar-refractivity contribution < 1.29 is 13.2 Å². The molecule has 136 valence electrons. The predicted octanol–water partition coefficient (Wildman–Crippen LogP) is 0.686. The molecule has 0 unspecified atom stereocenters. The van der Waals surface area contributed by atoms with Gasteiger partial charge < -0.3 is 5.32 Å². The van der Waals surface area contributed by atoms with Gasteiger partial charge in [0.25, 0.3) is 10.2 Å². The zero-order valence-corrected chi connectivity index (χ0v) is 15.9. The lowest BCUT2D eigenvalue weighted by molar-refractivity contribution is -0.125. The summed E-state index contributed by atoms with van der Waals surface area (Å²) < 4.78 is 30.3. The smallest absolute Gasteiger partial charge is 0.280 e. The number of hydrogen-bond acceptors (Lipinski definition) is 5. The van der Waals surface area contributed by atoms with Crippen LogP contribution in [0.25, 0.3) is 0 Å². The predicted molar refractivity (Wildman–Crippen MR) is 95.1 cm³/mol. The molecular formula is C15H21N5O3S2. The van der Waals surface area contributed by atoms with Crippen LogP contribution in [0.5, 0.6) is 0 Å². The molecule has 1 amide bonds. The van der Waals surface area contributed by atoms with Crippen molar-refractivity contribution in [1.82, 2.24) is 24.1 Å². The molecule has 8 nitrogen and oxygen atoms in total. The summed E-state index contributed by atoms with van der Waals surface area (Å²) >= 11 is 1.54. The van der Waals surface area contributed by atoms with Crippen LogP contribution in [-0.4, -0.2) is 41.5 Å². The average Bonchev–Trinajstić information content (AvgIpc) is 3.16. The van der Waals surface area contributed by atoms with E-state index in [0.717, 1.165) is 20.4 Å². The molecular weight excluding hydrogens is 362 g/mol. The number of nitrogens with one attached hydrogen (secondary N) is 2. The lowest BCUT2D eigenvalue weighted by Crippen LogP contribution is -2.57. The van der Waals surface area contributed by atoms with E-state index in [0.29, 0.717) is 13.0 Å². The molecule has 1 fully saturated rings. The molecule has 2 aromatic rings. The number of aromatic nitrogens is 2. The second kappa shape index (κ2) is 6.87. The average molecular weight is 383 g/mol. The number of amides is 1. The number of aryl methyl sites for hydroxylation is 2. The minimum absolute atomic E-state index is 0.299. The highest BCUT2D eigenvalue weighted by Gasteiger charge is 2.41. The van der Waals surface area contributed by atoms with Gasteiger partial charge in [-0.1, -0.05) is 6.07 Å². The van der Waals surface area contributed by atoms with Crippen molar-refractivity contribution in [2.75, 3.05) is 7.05 Å². The summed E-state index contributed by atoms with van der Waals surface area (Å²) in [6, 6.07) is 2.59. The Morgan fingerprint density at radius 2 is 2.24 bits per heavy atom. The largest absolute Gasteiger partial charge is 0.350 e. The van der Waals surface area contributed by atoms with E-state index in [1.54, 1.807) is 29.3 Å². The monoisotopic (exact) mass is 383 g/mol. The van der Waals surface area contributed by atoms with E-state index in [1.165, 1.54) is 7.05 Å². The van der Waals surface area contributed by atoms with E-state index in [2.05, 4.69) is 15.1 Å². The minimum Gasteiger partial charge on any atom is -0.350 e. The lowest BCUT2D eigenvalue weighted by atomic mass is 10.00. The third-order valence-corrected chi connectivity index (χ3v) is 6.79. The Kier molecular flexibility index (Phi) is 4.96. The van der Waals surface area contributed by atoms with Crippen molar-refractivity contribution in [3.8, 4) is 0 Å². The van der Waals surface area contributed by atoms with Gasteiger partial charge in [0.05, 0.1) is 18.3 Å². The van der Waals surface area contributed by atoms with Crippen LogP contribution < -0.4 is 10.0 Å². The number of rotatable bonds is 4. The highest BCUT2D eigenvalue weighted by Crippen LogP contribution is 2.29. The SMILES string of the molecule is Cc1nn(C)cc1[C@H]1C[C@H](C(=O)NCc2cccs2)N(C)S(=O)(=O)N1. The van der Waals surface area contributed by atoms with Crippen molar-refractivity contribution in [2.24, 2.45) is 7.05 Å². The number of nitrogens with zero attached hydrogens (tertiary/aromatic N) is 3. The van der Waals surface area contributed by atoms with Gasteiger partial charge in [-0.05, 0) is 24.8 Å². The Bertz CT molecular complexity index is 860. The van der Waals surface area contributed by atoms with Gasteiger partial charge in [0.2, 0.25) is 5.91 Å². The topological polar surface area (TPSA) is 96.3 Å². The Morgan fingerprint density at radius 3 is 2.84 bits per heavy atom. The fourth-order valence-electron chi connectivity index (χ4n) is 2.98. The van der Waals surface area contributed by atoms with E-state index < -0.39 is 22.3 Å². The number of carbonyl (C=O) groups is 1. The minimum atomic E-state index is -3.74. The summed E-state index contributed by atoms with van der Waals surface area (Å²) in [6.07, 6.45) is 2.13. The van der Waals surface area contributed by atoms with Gasteiger partial charge in [0, 0.05) is 30.7 Å². The van der Waals surface area contributed by atoms with E-state index in [-0.39, 0.29) is 5.91 Å². The first-order valence-corrected chi connectivity index (χ1v) is 10.2. The van der Waals surface area contributed by atoms with E-state index in [1.807, 2.05) is 24.4 Å². The molecule has 10 heteroatoms. The Hall–Kier alpha value is -1.75. The normalized spacial score (nSPS) is 23.5. The number of thiophene rings is 1. The van der Waals surface area contributed by atoms with Crippen molar-refractivity contribution in [3.63, 3.8) is 0 Å². The van der Waals surface area contributed by atoms with Crippen LogP contribution in [0.3, 0.4) is 0 Å². The molecule has 25 heavy (non-hydrogen) atoms. The van der Waals surface area contributed by atoms with Gasteiger partial charge >= 0.3 is 0 Å². The van der Waals surface area contributed by atoms with Crippen LogP contribution in [0.1, 0.15) is 28.6 Å². The molecule has 0 aliphatic carbocycles. The number of likely N-dealkylation sites (N-methyl/N-ethyl adjacent to an activating group) is 1. The van der Waals surface area contributed by atoms with Crippen LogP contribution in [0.15, 0.2) is 23.7 Å². The van der Waals surface area contributed by atoms with Gasteiger partial charge in [0.15, 0.2) is 0 Å². The lowest BCUT2D eigenvalue weighted by Gasteiger charge is -2.36. The molecule has 0 bridgehead atoms. The third kappa shape index (κ3) is 3.76. The molecule has 2 atom stereocenters. The van der Waals surface area contributed by atoms with Crippen molar-refractivity contribution in [1.29, 1.82) is 0 Å². The van der Waals surface area contributed by atoms with Gasteiger partial charge in [-0.15, -0.1) is 11.3 Å². The second-order valence-corrected chi connectivity index (χ2v) is 8.88. The number of hydrogen-bond donors (Lipinski definition) is 2. The first-order chi connectivity index (χ1) is 11.8. The highest BCUT2D eigenvalue weighted by molar-refractivity contribution is 7.87. The van der Waals surface area contributed by atoms with E-state index >= 15 is 0 Å². The van der Waals surface area contributed by atoms with E-state index in [9.17, 15) is 13.2 Å². The third-order valence-electron chi connectivity index (χ3n) is 4.31. The van der Waals surface area contributed by atoms with Crippen LogP contribution in [-0.2, 0) is 28.6 Å². The maximum Gasteiger partial charge on any atom is 0.280 e. The molecule has 1 saturated heterocycles. The Morgan fingerprint density at radius 1 is 1.48 bits per heavy atom. The molecule has 1 aliphatic heterocycles. The molecule has 0 radical (unpaired) electrons. The maximum atomic E-state index is 12.6. The molecule has 0 spiro atoms. The van der Waals surface area contributed by atoms with Crippen molar-refractivity contribution in [2.45, 2.75) is 32.0 Å². The van der Waals surface area contributed by atoms with Crippen LogP contribution in [0.2, 0.25) is 0 Å². The maximum absolute atomic E-state index is 12.6. The summed E-state index contributed by atoms with van der Waals surface area (Å²) in [7, 11) is -0.541. The standard InChI is InChI=1S/C15H21N5O3S2/c1-10-12(9-19(2)17-10)13-7-14(20(3)25(22,23)18-13)15(21)16-8-11-5-4-6-24-11/h4-6,9,13-14,18H,7-8H2,1-3H3,(H,16,21)/t13-,14-/m1/s1. The molecule has 0 aromatic carbocycles. The molecule has 1 aliphatic rings. The van der Waals surface area contributed by atoms with Crippen LogP contribution in [0.4, 0.5) is 0 Å². The molecule has 2 aromatic heterocycles. The second-order valence-electron chi connectivity index (χ2n) is 6.08. The molecule has 3 rings (SSSR count). The first-order valence-electron chi connectivity index (χ1n) is 7.83. The summed E-state index contributed by atoms with van der Waals surface area (Å²) in [5.74, 6) is -0.299. The van der Waals surface area contributed by atoms with Gasteiger partial charge in [0.1, 0.15) is 6.04 Å². The van der Waals surface area contributed by atoms with Crippen LogP contribution in [0, 0.1) is 6.92 Å². The quantitative estimate of drug-likeness (QED) is 0.812. The van der Waals surface area contributed by atoms with E-state index in [4.69, 9.17) is 0 Å². The van der Waals surface area contributed by atoms with Crippen molar-refractivity contribution in [3.05, 3.63) is 39.8 Å².